The van der Waals surface area contributed by atoms with Gasteiger partial charge in [-0.15, -0.1) is 17.5 Å². The second kappa shape index (κ2) is 2.81. The topological polar surface area (TPSA) is 18.8 Å². The second-order valence-corrected chi connectivity index (χ2v) is 2.82. The molecule has 1 atom stereocenters. The number of fused-ring (bicyclic) bond motifs is 1. The van der Waals surface area contributed by atoms with Gasteiger partial charge in [0.05, 0.1) is 6.20 Å². The van der Waals surface area contributed by atoms with E-state index in [1.54, 1.807) is 0 Å². The van der Waals surface area contributed by atoms with Crippen molar-refractivity contribution in [2.75, 3.05) is 7.05 Å². The largest absolute Gasteiger partial charge is 0.353 e. The Bertz CT molecular complexity index is 183. The summed E-state index contributed by atoms with van der Waals surface area (Å²) >= 11 is 0. The molecule has 2 rings (SSSR count). The van der Waals surface area contributed by atoms with Crippen molar-refractivity contribution in [1.29, 1.82) is 0 Å². The van der Waals surface area contributed by atoms with Crippen molar-refractivity contribution in [2.45, 2.75) is 25.9 Å². The molecular formula is C7H13ClN2O. The summed E-state index contributed by atoms with van der Waals surface area (Å²) < 4.78 is 0. The van der Waals surface area contributed by atoms with Gasteiger partial charge in [0.2, 0.25) is 0 Å². The Hall–Kier alpha value is -0.570. The summed E-state index contributed by atoms with van der Waals surface area (Å²) in [6.45, 7) is 2.19. The molecule has 0 saturated carbocycles. The Balaban J connectivity index is 0.000000605. The van der Waals surface area contributed by atoms with Crippen LogP contribution in [-0.2, 0) is 4.84 Å². The van der Waals surface area contributed by atoms with Gasteiger partial charge in [-0.25, -0.2) is 0 Å². The third kappa shape index (κ3) is 1.25. The van der Waals surface area contributed by atoms with E-state index < -0.39 is 0 Å². The minimum atomic E-state index is 0. The molecule has 0 aromatic heterocycles. The first-order valence-corrected chi connectivity index (χ1v) is 3.74. The molecular weight excluding hydrogens is 164 g/mol. The maximum absolute atomic E-state index is 5.14. The molecule has 4 heteroatoms. The number of rotatable bonds is 2. The van der Waals surface area contributed by atoms with E-state index >= 15 is 0 Å². The minimum absolute atomic E-state index is 0. The molecule has 3 nitrogen and oxygen atoms in total. The molecule has 0 aromatic rings. The van der Waals surface area contributed by atoms with Crippen molar-refractivity contribution in [3.05, 3.63) is 12.1 Å². The molecule has 0 spiro atoms. The van der Waals surface area contributed by atoms with E-state index in [9.17, 15) is 0 Å². The molecule has 2 aliphatic heterocycles. The Kier molecular flexibility index (Phi) is 2.18. The molecule has 0 bridgehead atoms. The number of hydroxylamine groups is 2. The first-order valence-electron chi connectivity index (χ1n) is 3.74. The average molecular weight is 177 g/mol. The Morgan fingerprint density at radius 3 is 2.82 bits per heavy atom. The average Bonchev–Trinajstić information content (AvgIpc) is 2.57. The summed E-state index contributed by atoms with van der Waals surface area (Å²) in [5.41, 5.74) is 0. The third-order valence-electron chi connectivity index (χ3n) is 1.98. The number of halogens is 1. The van der Waals surface area contributed by atoms with Crippen LogP contribution >= 0.6 is 12.4 Å². The summed E-state index contributed by atoms with van der Waals surface area (Å²) in [6.07, 6.45) is 4.90. The standard InChI is InChI=1S/C7H12N2O.ClH/c1-3-4-6-8(2)5-7-9(6)10-7;/h5-6H,3-4H2,1-2H3;1H. The van der Waals surface area contributed by atoms with Gasteiger partial charge in [0.25, 0.3) is 5.88 Å². The van der Waals surface area contributed by atoms with Crippen molar-refractivity contribution in [3.63, 3.8) is 0 Å². The highest BCUT2D eigenvalue weighted by atomic mass is 35.5. The van der Waals surface area contributed by atoms with Gasteiger partial charge >= 0.3 is 0 Å². The van der Waals surface area contributed by atoms with Gasteiger partial charge in [0, 0.05) is 7.05 Å². The van der Waals surface area contributed by atoms with Crippen LogP contribution < -0.4 is 0 Å². The molecule has 0 radical (unpaired) electrons. The van der Waals surface area contributed by atoms with Gasteiger partial charge in [-0.05, 0) is 6.42 Å². The maximum Gasteiger partial charge on any atom is 0.273 e. The first-order chi connectivity index (χ1) is 4.83. The molecule has 0 aliphatic carbocycles. The van der Waals surface area contributed by atoms with Gasteiger partial charge in [0.1, 0.15) is 6.17 Å². The SMILES string of the molecule is CCCC1N(C)C=C2ON21.Cl. The molecule has 2 heterocycles. The van der Waals surface area contributed by atoms with Crippen LogP contribution in [0, 0.1) is 0 Å². The van der Waals surface area contributed by atoms with E-state index in [0.717, 1.165) is 5.88 Å². The lowest BCUT2D eigenvalue weighted by molar-refractivity contribution is 0.0625. The predicted molar refractivity (Wildman–Crippen MR) is 44.7 cm³/mol. The molecule has 64 valence electrons. The minimum Gasteiger partial charge on any atom is -0.353 e. The lowest BCUT2D eigenvalue weighted by atomic mass is 10.3. The maximum atomic E-state index is 5.14. The lowest BCUT2D eigenvalue weighted by Crippen LogP contribution is -2.29. The molecule has 1 fully saturated rings. The molecule has 2 aliphatic rings. The van der Waals surface area contributed by atoms with Crippen molar-refractivity contribution in [3.8, 4) is 0 Å². The zero-order valence-electron chi connectivity index (χ0n) is 6.78. The Morgan fingerprint density at radius 2 is 2.36 bits per heavy atom. The van der Waals surface area contributed by atoms with Crippen LogP contribution in [0.15, 0.2) is 12.1 Å². The molecule has 0 N–H and O–H groups in total. The van der Waals surface area contributed by atoms with Gasteiger partial charge in [0.15, 0.2) is 0 Å². The Labute approximate surface area is 73.0 Å². The zero-order valence-corrected chi connectivity index (χ0v) is 7.60. The summed E-state index contributed by atoms with van der Waals surface area (Å²) in [6, 6.07) is 0. The molecule has 0 aromatic carbocycles. The number of hydrogen-bond donors (Lipinski definition) is 0. The highest BCUT2D eigenvalue weighted by Crippen LogP contribution is 2.37. The van der Waals surface area contributed by atoms with E-state index in [1.807, 2.05) is 11.3 Å². The van der Waals surface area contributed by atoms with Crippen LogP contribution in [0.3, 0.4) is 0 Å². The predicted octanol–water partition coefficient (Wildman–Crippen LogP) is 1.53. The van der Waals surface area contributed by atoms with Gasteiger partial charge in [-0.2, -0.15) is 0 Å². The smallest absolute Gasteiger partial charge is 0.273 e. The van der Waals surface area contributed by atoms with Crippen molar-refractivity contribution < 1.29 is 4.84 Å². The zero-order chi connectivity index (χ0) is 7.14. The van der Waals surface area contributed by atoms with E-state index in [2.05, 4.69) is 18.9 Å². The van der Waals surface area contributed by atoms with Crippen molar-refractivity contribution >= 4 is 12.4 Å². The quantitative estimate of drug-likeness (QED) is 0.595. The normalized spacial score (nSPS) is 25.3. The van der Waals surface area contributed by atoms with Crippen LogP contribution in [0.4, 0.5) is 0 Å². The van der Waals surface area contributed by atoms with Gasteiger partial charge in [-0.1, -0.05) is 13.3 Å². The monoisotopic (exact) mass is 176 g/mol. The number of nitrogens with zero attached hydrogens (tertiary/aromatic N) is 2. The van der Waals surface area contributed by atoms with Crippen LogP contribution in [0.1, 0.15) is 19.8 Å². The van der Waals surface area contributed by atoms with Crippen LogP contribution in [0.2, 0.25) is 0 Å². The van der Waals surface area contributed by atoms with E-state index in [-0.39, 0.29) is 12.4 Å². The fourth-order valence-electron chi connectivity index (χ4n) is 1.37. The van der Waals surface area contributed by atoms with E-state index in [0.29, 0.717) is 6.17 Å². The van der Waals surface area contributed by atoms with E-state index in [4.69, 9.17) is 4.84 Å². The highest BCUT2D eigenvalue weighted by molar-refractivity contribution is 5.85. The summed E-state index contributed by atoms with van der Waals surface area (Å²) in [5, 5.41) is 1.96. The van der Waals surface area contributed by atoms with Gasteiger partial charge in [-0.3, -0.25) is 0 Å². The molecule has 11 heavy (non-hydrogen) atoms. The number of hydrogen-bond acceptors (Lipinski definition) is 3. The first kappa shape index (κ1) is 8.53. The molecule has 1 saturated heterocycles. The van der Waals surface area contributed by atoms with Gasteiger partial charge < -0.3 is 9.74 Å². The lowest BCUT2D eigenvalue weighted by Gasteiger charge is -2.20. The van der Waals surface area contributed by atoms with Crippen molar-refractivity contribution in [2.24, 2.45) is 0 Å². The summed E-state index contributed by atoms with van der Waals surface area (Å²) in [7, 11) is 2.09. The van der Waals surface area contributed by atoms with Crippen LogP contribution in [0.5, 0.6) is 0 Å². The fourth-order valence-corrected chi connectivity index (χ4v) is 1.37. The van der Waals surface area contributed by atoms with E-state index in [1.165, 1.54) is 12.8 Å². The van der Waals surface area contributed by atoms with Crippen LogP contribution in [-0.4, -0.2) is 23.2 Å². The molecule has 0 amide bonds. The third-order valence-corrected chi connectivity index (χ3v) is 1.98. The highest BCUT2D eigenvalue weighted by Gasteiger charge is 2.44. The Morgan fingerprint density at radius 1 is 1.64 bits per heavy atom. The second-order valence-electron chi connectivity index (χ2n) is 2.82. The van der Waals surface area contributed by atoms with Crippen LogP contribution in [0.25, 0.3) is 0 Å². The summed E-state index contributed by atoms with van der Waals surface area (Å²) in [4.78, 5) is 7.34. The molecule has 1 unspecified atom stereocenters. The summed E-state index contributed by atoms with van der Waals surface area (Å²) in [5.74, 6) is 1.03. The fraction of sp³-hybridized carbons (Fsp3) is 0.714. The van der Waals surface area contributed by atoms with Crippen molar-refractivity contribution in [1.82, 2.24) is 9.96 Å².